The molecular weight excluding hydrogens is 193 g/mol. The smallest absolute Gasteiger partial charge is 0.242 e. The molecule has 0 aromatic carbocycles. The Balaban J connectivity index is 3.93. The van der Waals surface area contributed by atoms with Gasteiger partial charge < -0.3 is 15.5 Å². The standard InChI is InChI=1S/C3H8NO3PS2/c1-2(3(4)5)10-8(6,7)9/h2H,1H3,(H2,4,5)(H2,6,7,9). The van der Waals surface area contributed by atoms with Gasteiger partial charge in [-0.05, 0) is 18.7 Å². The third-order valence-electron chi connectivity index (χ3n) is 0.696. The lowest BCUT2D eigenvalue weighted by atomic mass is 10.5. The minimum absolute atomic E-state index is 0.595. The molecule has 4 N–H and O–H groups in total. The molecule has 60 valence electrons. The molecule has 0 heterocycles. The summed E-state index contributed by atoms with van der Waals surface area (Å²) < 4.78 is 0. The molecule has 0 radical (unpaired) electrons. The molecule has 10 heavy (non-hydrogen) atoms. The van der Waals surface area contributed by atoms with E-state index in [9.17, 15) is 4.79 Å². The lowest BCUT2D eigenvalue weighted by Gasteiger charge is -2.09. The van der Waals surface area contributed by atoms with E-state index >= 15 is 0 Å². The van der Waals surface area contributed by atoms with Crippen molar-refractivity contribution in [1.82, 2.24) is 0 Å². The zero-order chi connectivity index (χ0) is 8.36. The highest BCUT2D eigenvalue weighted by atomic mass is 32.9. The van der Waals surface area contributed by atoms with Crippen LogP contribution >= 0.6 is 17.1 Å². The molecule has 1 amide bonds. The van der Waals surface area contributed by atoms with Crippen molar-refractivity contribution >= 4 is 34.8 Å². The topological polar surface area (TPSA) is 83.6 Å². The van der Waals surface area contributed by atoms with Gasteiger partial charge in [-0.1, -0.05) is 11.4 Å². The SMILES string of the molecule is CC(SP(O)(O)=S)C(N)=O. The highest BCUT2D eigenvalue weighted by molar-refractivity contribution is 8.67. The third-order valence-corrected chi connectivity index (χ3v) is 4.07. The summed E-state index contributed by atoms with van der Waals surface area (Å²) in [7, 11) is 0. The van der Waals surface area contributed by atoms with E-state index in [2.05, 4.69) is 11.8 Å². The lowest BCUT2D eigenvalue weighted by molar-refractivity contribution is -0.117. The van der Waals surface area contributed by atoms with Gasteiger partial charge >= 0.3 is 0 Å². The van der Waals surface area contributed by atoms with Crippen LogP contribution in [0.3, 0.4) is 0 Å². The Morgan fingerprint density at radius 1 is 1.80 bits per heavy atom. The molecular formula is C3H8NO3PS2. The number of hydrogen-bond donors (Lipinski definition) is 3. The Hall–Kier alpha value is 0.390. The molecule has 0 rings (SSSR count). The summed E-state index contributed by atoms with van der Waals surface area (Å²) in [5.74, 6) is -0.595. The maximum absolute atomic E-state index is 10.3. The van der Waals surface area contributed by atoms with Gasteiger partial charge in [0.1, 0.15) is 0 Å². The van der Waals surface area contributed by atoms with Crippen LogP contribution in [-0.2, 0) is 16.6 Å². The molecule has 1 unspecified atom stereocenters. The van der Waals surface area contributed by atoms with E-state index in [0.29, 0.717) is 11.4 Å². The summed E-state index contributed by atoms with van der Waals surface area (Å²) in [6, 6.07) is 0. The number of primary amides is 1. The van der Waals surface area contributed by atoms with Crippen LogP contribution < -0.4 is 5.73 Å². The van der Waals surface area contributed by atoms with Crippen LogP contribution in [0, 0.1) is 0 Å². The number of carbonyl (C=O) groups is 1. The van der Waals surface area contributed by atoms with Crippen molar-refractivity contribution in [2.24, 2.45) is 5.73 Å². The van der Waals surface area contributed by atoms with Gasteiger partial charge in [-0.2, -0.15) is 0 Å². The van der Waals surface area contributed by atoms with Gasteiger partial charge in [0.2, 0.25) is 11.6 Å². The fourth-order valence-electron chi connectivity index (χ4n) is 0.258. The van der Waals surface area contributed by atoms with Crippen molar-refractivity contribution in [3.8, 4) is 0 Å². The van der Waals surface area contributed by atoms with E-state index in [1.54, 1.807) is 0 Å². The summed E-state index contributed by atoms with van der Waals surface area (Å²) in [4.78, 5) is 27.7. The Kier molecular flexibility index (Phi) is 3.83. The number of amides is 1. The molecule has 0 aliphatic rings. The van der Waals surface area contributed by atoms with E-state index in [4.69, 9.17) is 15.5 Å². The first-order chi connectivity index (χ1) is 4.33. The summed E-state index contributed by atoms with van der Waals surface area (Å²) >= 11 is 4.89. The van der Waals surface area contributed by atoms with Crippen molar-refractivity contribution in [1.29, 1.82) is 0 Å². The number of carbonyl (C=O) groups excluding carboxylic acids is 1. The minimum atomic E-state index is -3.33. The molecule has 7 heteroatoms. The van der Waals surface area contributed by atoms with Crippen molar-refractivity contribution in [3.63, 3.8) is 0 Å². The Labute approximate surface area is 67.7 Å². The minimum Gasteiger partial charge on any atom is -0.369 e. The average molecular weight is 201 g/mol. The lowest BCUT2D eigenvalue weighted by Crippen LogP contribution is -2.22. The zero-order valence-corrected chi connectivity index (χ0v) is 7.75. The van der Waals surface area contributed by atoms with Gasteiger partial charge in [-0.3, -0.25) is 4.79 Å². The van der Waals surface area contributed by atoms with Crippen LogP contribution in [0.1, 0.15) is 6.92 Å². The largest absolute Gasteiger partial charge is 0.369 e. The van der Waals surface area contributed by atoms with Crippen molar-refractivity contribution in [3.05, 3.63) is 0 Å². The van der Waals surface area contributed by atoms with Crippen molar-refractivity contribution in [2.45, 2.75) is 12.2 Å². The first-order valence-electron chi connectivity index (χ1n) is 2.36. The molecule has 0 aromatic rings. The monoisotopic (exact) mass is 201 g/mol. The predicted molar refractivity (Wildman–Crippen MR) is 45.0 cm³/mol. The van der Waals surface area contributed by atoms with E-state index in [-0.39, 0.29) is 0 Å². The average Bonchev–Trinajstić information content (AvgIpc) is 1.60. The van der Waals surface area contributed by atoms with E-state index in [1.165, 1.54) is 6.92 Å². The molecule has 0 aliphatic carbocycles. The summed E-state index contributed by atoms with van der Waals surface area (Å²) in [5, 5.41) is -0.638. The third kappa shape index (κ3) is 5.20. The summed E-state index contributed by atoms with van der Waals surface area (Å²) in [5.41, 5.74) is 1.51. The molecule has 0 saturated carbocycles. The fourth-order valence-corrected chi connectivity index (χ4v) is 3.48. The van der Waals surface area contributed by atoms with E-state index < -0.39 is 16.9 Å². The molecule has 0 spiro atoms. The number of nitrogens with two attached hydrogens (primary N) is 1. The Bertz CT molecular complexity index is 179. The molecule has 0 fully saturated rings. The maximum atomic E-state index is 10.3. The van der Waals surface area contributed by atoms with Crippen molar-refractivity contribution in [2.75, 3.05) is 0 Å². The van der Waals surface area contributed by atoms with Gasteiger partial charge in [0.15, 0.2) is 0 Å². The Morgan fingerprint density at radius 2 is 2.20 bits per heavy atom. The summed E-state index contributed by atoms with van der Waals surface area (Å²) in [6.45, 7) is 1.47. The Morgan fingerprint density at radius 3 is 2.30 bits per heavy atom. The summed E-state index contributed by atoms with van der Waals surface area (Å²) in [6.07, 6.45) is 0. The van der Waals surface area contributed by atoms with Crippen LogP contribution in [0.2, 0.25) is 0 Å². The molecule has 0 aliphatic heterocycles. The first-order valence-corrected chi connectivity index (χ1v) is 6.55. The molecule has 1 atom stereocenters. The van der Waals surface area contributed by atoms with Crippen LogP contribution in [0.25, 0.3) is 0 Å². The second-order valence-electron chi connectivity index (χ2n) is 1.64. The van der Waals surface area contributed by atoms with Gasteiger partial charge in [-0.25, -0.2) is 0 Å². The predicted octanol–water partition coefficient (Wildman–Crippen LogP) is -0.197. The number of rotatable bonds is 3. The molecule has 0 bridgehead atoms. The number of hydrogen-bond acceptors (Lipinski definition) is 3. The zero-order valence-electron chi connectivity index (χ0n) is 5.22. The van der Waals surface area contributed by atoms with Crippen molar-refractivity contribution < 1.29 is 14.6 Å². The van der Waals surface area contributed by atoms with Crippen LogP contribution in [0.5, 0.6) is 0 Å². The highest BCUT2D eigenvalue weighted by Crippen LogP contribution is 2.52. The fraction of sp³-hybridized carbons (Fsp3) is 0.667. The molecule has 0 aromatic heterocycles. The second kappa shape index (κ2) is 3.69. The quantitative estimate of drug-likeness (QED) is 0.551. The van der Waals surface area contributed by atoms with Crippen LogP contribution in [0.4, 0.5) is 0 Å². The molecule has 4 nitrogen and oxygen atoms in total. The van der Waals surface area contributed by atoms with Crippen LogP contribution in [-0.4, -0.2) is 20.9 Å². The maximum Gasteiger partial charge on any atom is 0.242 e. The first kappa shape index (κ1) is 10.4. The van der Waals surface area contributed by atoms with E-state index in [0.717, 1.165) is 0 Å². The van der Waals surface area contributed by atoms with Gasteiger partial charge in [-0.15, -0.1) is 0 Å². The van der Waals surface area contributed by atoms with Gasteiger partial charge in [0.25, 0.3) is 0 Å². The van der Waals surface area contributed by atoms with Gasteiger partial charge in [0.05, 0.1) is 5.25 Å². The molecule has 0 saturated heterocycles. The van der Waals surface area contributed by atoms with Gasteiger partial charge in [0, 0.05) is 0 Å². The van der Waals surface area contributed by atoms with E-state index in [1.807, 2.05) is 0 Å². The normalized spacial score (nSPS) is 14.7. The second-order valence-corrected chi connectivity index (χ2v) is 7.92. The highest BCUT2D eigenvalue weighted by Gasteiger charge is 2.18. The van der Waals surface area contributed by atoms with Crippen LogP contribution in [0.15, 0.2) is 0 Å².